The minimum absolute atomic E-state index is 0.425. The summed E-state index contributed by atoms with van der Waals surface area (Å²) in [4.78, 5) is 22.8. The van der Waals surface area contributed by atoms with Crippen LogP contribution in [-0.4, -0.2) is 11.6 Å². The van der Waals surface area contributed by atoms with Crippen molar-refractivity contribution in [3.05, 3.63) is 59.7 Å². The minimum atomic E-state index is -0.431. The van der Waals surface area contributed by atoms with Crippen molar-refractivity contribution in [1.29, 1.82) is 0 Å². The first kappa shape index (κ1) is 18.1. The lowest BCUT2D eigenvalue weighted by Gasteiger charge is -2.06. The van der Waals surface area contributed by atoms with Gasteiger partial charge in [-0.2, -0.15) is 0 Å². The summed E-state index contributed by atoms with van der Waals surface area (Å²) in [7, 11) is 0. The maximum Gasteiger partial charge on any atom is 0.228 e. The van der Waals surface area contributed by atoms with Crippen LogP contribution in [0.2, 0.25) is 0 Å². The van der Waals surface area contributed by atoms with Crippen LogP contribution in [0.15, 0.2) is 48.5 Å². The second kappa shape index (κ2) is 9.17. The van der Waals surface area contributed by atoms with Gasteiger partial charge in [0.15, 0.2) is 5.78 Å². The Morgan fingerprint density at radius 3 is 1.83 bits per heavy atom. The molecule has 0 N–H and O–H groups in total. The summed E-state index contributed by atoms with van der Waals surface area (Å²) in [5, 5.41) is 0. The van der Waals surface area contributed by atoms with Gasteiger partial charge in [0.2, 0.25) is 5.78 Å². The highest BCUT2D eigenvalue weighted by Gasteiger charge is 2.10. The third-order valence-electron chi connectivity index (χ3n) is 4.32. The van der Waals surface area contributed by atoms with E-state index in [9.17, 15) is 9.59 Å². The molecule has 0 radical (unpaired) electrons. The zero-order chi connectivity index (χ0) is 17.4. The molecule has 0 heterocycles. The van der Waals surface area contributed by atoms with E-state index in [1.54, 1.807) is 12.1 Å². The zero-order valence-corrected chi connectivity index (χ0v) is 14.7. The summed E-state index contributed by atoms with van der Waals surface area (Å²) >= 11 is 0. The largest absolute Gasteiger partial charge is 0.291 e. The molecule has 126 valence electrons. The van der Waals surface area contributed by atoms with Crippen LogP contribution < -0.4 is 0 Å². The third kappa shape index (κ3) is 5.16. The van der Waals surface area contributed by atoms with Gasteiger partial charge in [-0.3, -0.25) is 9.59 Å². The average Bonchev–Trinajstić information content (AvgIpc) is 2.61. The van der Waals surface area contributed by atoms with Gasteiger partial charge in [-0.05, 0) is 29.5 Å². The van der Waals surface area contributed by atoms with Crippen molar-refractivity contribution in [1.82, 2.24) is 0 Å². The molecule has 0 saturated heterocycles. The van der Waals surface area contributed by atoms with Gasteiger partial charge in [0.1, 0.15) is 0 Å². The van der Waals surface area contributed by atoms with Crippen LogP contribution in [0.3, 0.4) is 0 Å². The van der Waals surface area contributed by atoms with E-state index in [1.807, 2.05) is 12.1 Å². The molecule has 0 fully saturated rings. The topological polar surface area (TPSA) is 34.1 Å². The summed E-state index contributed by atoms with van der Waals surface area (Å²) in [5.41, 5.74) is 4.02. The van der Waals surface area contributed by atoms with E-state index in [-0.39, 0.29) is 0 Å². The van der Waals surface area contributed by atoms with Crippen molar-refractivity contribution in [2.45, 2.75) is 52.4 Å². The predicted octanol–water partition coefficient (Wildman–Crippen LogP) is 5.64. The van der Waals surface area contributed by atoms with Gasteiger partial charge in [0.25, 0.3) is 0 Å². The van der Waals surface area contributed by atoms with Gasteiger partial charge in [-0.15, -0.1) is 0 Å². The second-order valence-corrected chi connectivity index (χ2v) is 6.32. The van der Waals surface area contributed by atoms with Crippen LogP contribution in [0.4, 0.5) is 0 Å². The summed E-state index contributed by atoms with van der Waals surface area (Å²) in [6.07, 6.45) is 7.64. The Labute approximate surface area is 144 Å². The Morgan fingerprint density at radius 1 is 0.750 bits per heavy atom. The molecule has 0 amide bonds. The molecule has 0 aromatic heterocycles. The van der Waals surface area contributed by atoms with E-state index < -0.39 is 11.6 Å². The first-order valence-corrected chi connectivity index (χ1v) is 8.86. The zero-order valence-electron chi connectivity index (χ0n) is 14.7. The number of hydrogen-bond donors (Lipinski definition) is 0. The number of carbonyl (C=O) groups excluding carboxylic acids is 2. The summed E-state index contributed by atoms with van der Waals surface area (Å²) in [6.45, 7) is 3.54. The molecule has 0 atom stereocenters. The normalized spacial score (nSPS) is 10.6. The minimum Gasteiger partial charge on any atom is -0.291 e. The van der Waals surface area contributed by atoms with Crippen molar-refractivity contribution in [3.63, 3.8) is 0 Å². The first-order chi connectivity index (χ1) is 11.6. The van der Waals surface area contributed by atoms with Crippen LogP contribution in [0, 0.1) is 0 Å². The van der Waals surface area contributed by atoms with Crippen molar-refractivity contribution in [3.8, 4) is 11.1 Å². The van der Waals surface area contributed by atoms with Crippen molar-refractivity contribution in [2.24, 2.45) is 0 Å². The van der Waals surface area contributed by atoms with Gasteiger partial charge in [-0.1, -0.05) is 81.1 Å². The lowest BCUT2D eigenvalue weighted by molar-refractivity contribution is -0.113. The number of rotatable bonds is 9. The molecule has 0 saturated carbocycles. The molecule has 0 aliphatic rings. The molecule has 0 spiro atoms. The molecule has 2 heteroatoms. The lowest BCUT2D eigenvalue weighted by Crippen LogP contribution is -2.09. The molecular formula is C22H26O2. The molecule has 2 aromatic carbocycles. The Morgan fingerprint density at radius 2 is 1.29 bits per heavy atom. The molecule has 24 heavy (non-hydrogen) atoms. The fourth-order valence-electron chi connectivity index (χ4n) is 2.81. The smallest absolute Gasteiger partial charge is 0.228 e. The average molecular weight is 322 g/mol. The van der Waals surface area contributed by atoms with Gasteiger partial charge >= 0.3 is 0 Å². The van der Waals surface area contributed by atoms with Crippen molar-refractivity contribution in [2.75, 3.05) is 0 Å². The van der Waals surface area contributed by atoms with E-state index >= 15 is 0 Å². The Balaban J connectivity index is 1.95. The quantitative estimate of drug-likeness (QED) is 0.340. The van der Waals surface area contributed by atoms with Gasteiger partial charge in [-0.25, -0.2) is 0 Å². The Kier molecular flexibility index (Phi) is 6.92. The number of benzene rings is 2. The van der Waals surface area contributed by atoms with Crippen molar-refractivity contribution < 1.29 is 9.59 Å². The monoisotopic (exact) mass is 322 g/mol. The second-order valence-electron chi connectivity index (χ2n) is 6.32. The number of Topliss-reactive ketones (excluding diaryl/α,β-unsaturated/α-hetero) is 2. The van der Waals surface area contributed by atoms with Crippen LogP contribution in [0.1, 0.15) is 61.9 Å². The first-order valence-electron chi connectivity index (χ1n) is 8.86. The highest BCUT2D eigenvalue weighted by Crippen LogP contribution is 2.21. The molecular weight excluding hydrogens is 296 g/mol. The maximum atomic E-state index is 11.7. The van der Waals surface area contributed by atoms with Gasteiger partial charge in [0.05, 0.1) is 0 Å². The third-order valence-corrected chi connectivity index (χ3v) is 4.32. The highest BCUT2D eigenvalue weighted by atomic mass is 16.2. The number of carbonyl (C=O) groups is 2. The number of unbranched alkanes of at least 4 members (excludes halogenated alkanes) is 4. The van der Waals surface area contributed by atoms with Crippen LogP contribution in [0.25, 0.3) is 11.1 Å². The standard InChI is InChI=1S/C22H26O2/c1-3-4-5-6-7-8-18-9-11-19(12-10-18)20-13-15-21(16-14-20)22(24)17(2)23/h9-16H,3-8H2,1-2H3. The Bertz CT molecular complexity index is 666. The fourth-order valence-corrected chi connectivity index (χ4v) is 2.81. The van der Waals surface area contributed by atoms with Gasteiger partial charge in [0, 0.05) is 12.5 Å². The van der Waals surface area contributed by atoms with E-state index in [1.165, 1.54) is 44.6 Å². The predicted molar refractivity (Wildman–Crippen MR) is 99.4 cm³/mol. The number of hydrogen-bond acceptors (Lipinski definition) is 2. The van der Waals surface area contributed by atoms with Gasteiger partial charge < -0.3 is 0 Å². The van der Waals surface area contributed by atoms with E-state index in [2.05, 4.69) is 31.2 Å². The van der Waals surface area contributed by atoms with E-state index in [4.69, 9.17) is 0 Å². The van der Waals surface area contributed by atoms with Crippen molar-refractivity contribution >= 4 is 11.6 Å². The molecule has 0 unspecified atom stereocenters. The number of aryl methyl sites for hydroxylation is 1. The lowest BCUT2D eigenvalue weighted by atomic mass is 9.99. The molecule has 2 aromatic rings. The fraction of sp³-hybridized carbons (Fsp3) is 0.364. The SMILES string of the molecule is CCCCCCCc1ccc(-c2ccc(C(=O)C(C)=O)cc2)cc1. The number of ketones is 2. The van der Waals surface area contributed by atoms with E-state index in [0.717, 1.165) is 17.5 Å². The van der Waals surface area contributed by atoms with Crippen LogP contribution in [0.5, 0.6) is 0 Å². The highest BCUT2D eigenvalue weighted by molar-refractivity contribution is 6.42. The molecule has 0 aliphatic carbocycles. The molecule has 0 bridgehead atoms. The molecule has 2 rings (SSSR count). The summed E-state index contributed by atoms with van der Waals surface area (Å²) in [5.74, 6) is -0.856. The van der Waals surface area contributed by atoms with Crippen LogP contribution >= 0.6 is 0 Å². The summed E-state index contributed by atoms with van der Waals surface area (Å²) in [6, 6.07) is 15.9. The summed E-state index contributed by atoms with van der Waals surface area (Å²) < 4.78 is 0. The molecule has 0 aliphatic heterocycles. The van der Waals surface area contributed by atoms with Crippen LogP contribution in [-0.2, 0) is 11.2 Å². The molecule has 2 nitrogen and oxygen atoms in total. The van der Waals surface area contributed by atoms with E-state index in [0.29, 0.717) is 5.56 Å². The maximum absolute atomic E-state index is 11.7. The Hall–Kier alpha value is -2.22.